The Morgan fingerprint density at radius 1 is 0.731 bits per heavy atom. The highest BCUT2D eigenvalue weighted by Crippen LogP contribution is 2.15. The van der Waals surface area contributed by atoms with Gasteiger partial charge in [-0.25, -0.2) is 0 Å². The maximum absolute atomic E-state index is 12.3. The molecule has 0 bridgehead atoms. The van der Waals surface area contributed by atoms with Crippen LogP contribution >= 0.6 is 12.4 Å². The lowest BCUT2D eigenvalue weighted by Crippen LogP contribution is -2.22. The molecule has 2 rings (SSSR count). The fourth-order valence-electron chi connectivity index (χ4n) is 1.95. The molecule has 0 spiro atoms. The molecule has 0 aliphatic carbocycles. The van der Waals surface area contributed by atoms with Crippen molar-refractivity contribution in [2.24, 2.45) is 21.5 Å². The molecule has 1 amide bonds. The summed E-state index contributed by atoms with van der Waals surface area (Å²) in [7, 11) is 3.19. The Bertz CT molecular complexity index is 786. The average Bonchev–Trinajstić information content (AvgIpc) is 2.63. The summed E-state index contributed by atoms with van der Waals surface area (Å²) in [5, 5.41) is 8.65. The summed E-state index contributed by atoms with van der Waals surface area (Å²) >= 11 is 0. The molecule has 0 unspecified atom stereocenters. The molecule has 0 saturated carbocycles. The van der Waals surface area contributed by atoms with Crippen molar-refractivity contribution >= 4 is 47.3 Å². The van der Waals surface area contributed by atoms with Crippen LogP contribution in [0.15, 0.2) is 58.5 Å². The van der Waals surface area contributed by atoms with Crippen molar-refractivity contribution in [3.63, 3.8) is 0 Å². The van der Waals surface area contributed by atoms with Crippen molar-refractivity contribution in [2.75, 3.05) is 30.0 Å². The van der Waals surface area contributed by atoms with Crippen molar-refractivity contribution in [3.8, 4) is 0 Å². The predicted molar refractivity (Wildman–Crippen MR) is 110 cm³/mol. The van der Waals surface area contributed by atoms with E-state index < -0.39 is 0 Å². The van der Waals surface area contributed by atoms with Gasteiger partial charge < -0.3 is 27.4 Å². The molecular weight excluding hydrogens is 354 g/mol. The third-order valence-corrected chi connectivity index (χ3v) is 3.32. The number of nitrogens with one attached hydrogen (secondary N) is 3. The van der Waals surface area contributed by atoms with E-state index >= 15 is 0 Å². The van der Waals surface area contributed by atoms with Crippen LogP contribution in [0.5, 0.6) is 0 Å². The SMILES string of the molecule is CN=C(N)Nc1ccc(NC(=O)c2ccc(NC(N)=NC)cc2)cc1.Cl. The van der Waals surface area contributed by atoms with Crippen molar-refractivity contribution in [3.05, 3.63) is 54.1 Å². The van der Waals surface area contributed by atoms with Crippen LogP contribution < -0.4 is 27.4 Å². The topological polar surface area (TPSA) is 130 Å². The molecule has 0 aliphatic heterocycles. The van der Waals surface area contributed by atoms with E-state index in [1.807, 2.05) is 0 Å². The number of aliphatic imine (C=N–C) groups is 2. The first-order chi connectivity index (χ1) is 12.0. The van der Waals surface area contributed by atoms with Gasteiger partial charge in [-0.15, -0.1) is 12.4 Å². The number of anilines is 3. The Morgan fingerprint density at radius 2 is 1.08 bits per heavy atom. The Balaban J connectivity index is 0.00000338. The van der Waals surface area contributed by atoms with E-state index in [2.05, 4.69) is 25.9 Å². The number of hydrogen-bond donors (Lipinski definition) is 5. The number of carbonyl (C=O) groups is 1. The highest BCUT2D eigenvalue weighted by Gasteiger charge is 2.06. The number of nitrogens with zero attached hydrogens (tertiary/aromatic N) is 2. The van der Waals surface area contributed by atoms with E-state index in [-0.39, 0.29) is 18.3 Å². The first-order valence-electron chi connectivity index (χ1n) is 7.52. The molecule has 0 saturated heterocycles. The summed E-state index contributed by atoms with van der Waals surface area (Å²) in [6.45, 7) is 0. The van der Waals surface area contributed by atoms with E-state index in [4.69, 9.17) is 11.5 Å². The van der Waals surface area contributed by atoms with E-state index in [1.165, 1.54) is 0 Å². The third kappa shape index (κ3) is 5.99. The number of benzene rings is 2. The molecule has 26 heavy (non-hydrogen) atoms. The summed E-state index contributed by atoms with van der Waals surface area (Å²) in [5.74, 6) is 0.415. The van der Waals surface area contributed by atoms with E-state index in [1.54, 1.807) is 62.6 Å². The standard InChI is InChI=1S/C17H21N7O.ClH/c1-20-16(18)23-13-5-3-11(4-6-13)15(25)22-12-7-9-14(10-8-12)24-17(19)21-2;/h3-10H,1-2H3,(H,22,25)(H3,18,20,23)(H3,19,21,24);1H. The van der Waals surface area contributed by atoms with Crippen LogP contribution in [0.2, 0.25) is 0 Å². The lowest BCUT2D eigenvalue weighted by molar-refractivity contribution is 0.102. The minimum Gasteiger partial charge on any atom is -0.370 e. The lowest BCUT2D eigenvalue weighted by atomic mass is 10.2. The van der Waals surface area contributed by atoms with Crippen LogP contribution in [0, 0.1) is 0 Å². The minimum absolute atomic E-state index is 0. The second-order valence-corrected chi connectivity index (χ2v) is 5.08. The summed E-state index contributed by atoms with van der Waals surface area (Å²) in [4.78, 5) is 19.9. The maximum Gasteiger partial charge on any atom is 0.255 e. The second-order valence-electron chi connectivity index (χ2n) is 5.08. The highest BCUT2D eigenvalue weighted by molar-refractivity contribution is 6.05. The predicted octanol–water partition coefficient (Wildman–Crippen LogP) is 2.07. The number of hydrogen-bond acceptors (Lipinski definition) is 3. The van der Waals surface area contributed by atoms with Gasteiger partial charge in [0.25, 0.3) is 5.91 Å². The Kier molecular flexibility index (Phi) is 7.91. The quantitative estimate of drug-likeness (QED) is 0.412. The van der Waals surface area contributed by atoms with Gasteiger partial charge in [0, 0.05) is 36.7 Å². The van der Waals surface area contributed by atoms with Crippen molar-refractivity contribution < 1.29 is 4.79 Å². The second kappa shape index (κ2) is 9.90. The largest absolute Gasteiger partial charge is 0.370 e. The zero-order chi connectivity index (χ0) is 18.2. The van der Waals surface area contributed by atoms with E-state index in [9.17, 15) is 4.79 Å². The number of guanidine groups is 2. The van der Waals surface area contributed by atoms with Crippen molar-refractivity contribution in [1.29, 1.82) is 0 Å². The van der Waals surface area contributed by atoms with Crippen LogP contribution in [0.4, 0.5) is 17.1 Å². The van der Waals surface area contributed by atoms with Gasteiger partial charge in [0.15, 0.2) is 11.9 Å². The molecule has 8 nitrogen and oxygen atoms in total. The average molecular weight is 376 g/mol. The van der Waals surface area contributed by atoms with Gasteiger partial charge in [-0.2, -0.15) is 0 Å². The fourth-order valence-corrected chi connectivity index (χ4v) is 1.95. The molecule has 9 heteroatoms. The smallest absolute Gasteiger partial charge is 0.255 e. The highest BCUT2D eigenvalue weighted by atomic mass is 35.5. The van der Waals surface area contributed by atoms with Gasteiger partial charge in [0.05, 0.1) is 0 Å². The van der Waals surface area contributed by atoms with E-state index in [0.29, 0.717) is 23.2 Å². The van der Waals surface area contributed by atoms with Crippen LogP contribution in [0.3, 0.4) is 0 Å². The summed E-state index contributed by atoms with van der Waals surface area (Å²) in [6, 6.07) is 14.1. The summed E-state index contributed by atoms with van der Waals surface area (Å²) in [5.41, 5.74) is 13.9. The van der Waals surface area contributed by atoms with Crippen LogP contribution in [0.1, 0.15) is 10.4 Å². The van der Waals surface area contributed by atoms with Gasteiger partial charge >= 0.3 is 0 Å². The molecule has 0 heterocycles. The normalized spacial score (nSPS) is 11.3. The van der Waals surface area contributed by atoms with Gasteiger partial charge in [0.2, 0.25) is 0 Å². The Hall–Kier alpha value is -3.26. The zero-order valence-electron chi connectivity index (χ0n) is 14.5. The molecule has 0 aliphatic rings. The number of amides is 1. The molecule has 2 aromatic carbocycles. The van der Waals surface area contributed by atoms with Gasteiger partial charge in [-0.1, -0.05) is 0 Å². The maximum atomic E-state index is 12.3. The van der Waals surface area contributed by atoms with Crippen LogP contribution in [-0.2, 0) is 0 Å². The molecular formula is C17H22ClN7O. The number of rotatable bonds is 4. The third-order valence-electron chi connectivity index (χ3n) is 3.32. The molecule has 0 atom stereocenters. The Morgan fingerprint density at radius 3 is 1.46 bits per heavy atom. The fraction of sp³-hybridized carbons (Fsp3) is 0.118. The minimum atomic E-state index is -0.209. The zero-order valence-corrected chi connectivity index (χ0v) is 15.3. The molecule has 0 fully saturated rings. The summed E-state index contributed by atoms with van der Waals surface area (Å²) < 4.78 is 0. The van der Waals surface area contributed by atoms with Gasteiger partial charge in [0.1, 0.15) is 0 Å². The number of carbonyl (C=O) groups excluding carboxylic acids is 1. The first kappa shape index (κ1) is 20.8. The van der Waals surface area contributed by atoms with Gasteiger partial charge in [-0.3, -0.25) is 14.8 Å². The molecule has 2 aromatic rings. The van der Waals surface area contributed by atoms with Gasteiger partial charge in [-0.05, 0) is 48.5 Å². The monoisotopic (exact) mass is 375 g/mol. The molecule has 7 N–H and O–H groups in total. The molecule has 0 radical (unpaired) electrons. The number of nitrogens with two attached hydrogens (primary N) is 2. The molecule has 0 aromatic heterocycles. The molecule has 138 valence electrons. The Labute approximate surface area is 158 Å². The lowest BCUT2D eigenvalue weighted by Gasteiger charge is -2.09. The first-order valence-corrected chi connectivity index (χ1v) is 7.52. The van der Waals surface area contributed by atoms with Crippen molar-refractivity contribution in [2.45, 2.75) is 0 Å². The van der Waals surface area contributed by atoms with Crippen LogP contribution in [-0.4, -0.2) is 31.9 Å². The van der Waals surface area contributed by atoms with Crippen molar-refractivity contribution in [1.82, 2.24) is 0 Å². The number of halogens is 1. The summed E-state index contributed by atoms with van der Waals surface area (Å²) in [6.07, 6.45) is 0. The van der Waals surface area contributed by atoms with Crippen LogP contribution in [0.25, 0.3) is 0 Å². The van der Waals surface area contributed by atoms with E-state index in [0.717, 1.165) is 11.4 Å².